The summed E-state index contributed by atoms with van der Waals surface area (Å²) in [5, 5.41) is 0. The minimum Gasteiger partial charge on any atom is -0.466 e. The van der Waals surface area contributed by atoms with Crippen molar-refractivity contribution in [3.8, 4) is 0 Å². The van der Waals surface area contributed by atoms with Crippen LogP contribution in [0.2, 0.25) is 0 Å². The van der Waals surface area contributed by atoms with Gasteiger partial charge in [-0.1, -0.05) is 0 Å². The highest BCUT2D eigenvalue weighted by atomic mass is 16.5. The number of ether oxygens (including phenoxy) is 2. The first-order chi connectivity index (χ1) is 6.56. The zero-order chi connectivity index (χ0) is 10.8. The molecule has 1 saturated carbocycles. The van der Waals surface area contributed by atoms with Crippen LogP contribution in [-0.4, -0.2) is 25.2 Å². The molecule has 0 aromatic rings. The van der Waals surface area contributed by atoms with Crippen molar-refractivity contribution in [3.63, 3.8) is 0 Å². The third kappa shape index (κ3) is 1.89. The van der Waals surface area contributed by atoms with Crippen molar-refractivity contribution in [1.82, 2.24) is 0 Å². The molecule has 1 fully saturated rings. The normalized spacial score (nSPS) is 29.5. The summed E-state index contributed by atoms with van der Waals surface area (Å²) in [6, 6.07) is 0. The first-order valence-corrected chi connectivity index (χ1v) is 4.90. The van der Waals surface area contributed by atoms with Crippen LogP contribution in [0, 0.1) is 11.3 Å². The Balaban J connectivity index is 2.49. The van der Waals surface area contributed by atoms with Crippen LogP contribution in [-0.2, 0) is 19.1 Å². The summed E-state index contributed by atoms with van der Waals surface area (Å²) in [7, 11) is 0. The van der Waals surface area contributed by atoms with Gasteiger partial charge < -0.3 is 9.47 Å². The lowest BCUT2D eigenvalue weighted by Gasteiger charge is -2.09. The van der Waals surface area contributed by atoms with E-state index in [1.165, 1.54) is 0 Å². The lowest BCUT2D eigenvalue weighted by Crippen LogP contribution is -2.21. The van der Waals surface area contributed by atoms with Crippen molar-refractivity contribution in [3.05, 3.63) is 0 Å². The molecule has 0 aromatic carbocycles. The number of carbonyl (C=O) groups excluding carboxylic acids is 2. The predicted octanol–water partition coefficient (Wildman–Crippen LogP) is 1.14. The molecule has 0 radical (unpaired) electrons. The van der Waals surface area contributed by atoms with Gasteiger partial charge in [0.15, 0.2) is 0 Å². The van der Waals surface area contributed by atoms with Crippen molar-refractivity contribution in [2.75, 3.05) is 13.2 Å². The van der Waals surface area contributed by atoms with Gasteiger partial charge >= 0.3 is 11.9 Å². The maximum Gasteiger partial charge on any atom is 0.312 e. The largest absolute Gasteiger partial charge is 0.466 e. The van der Waals surface area contributed by atoms with Gasteiger partial charge in [-0.05, 0) is 27.2 Å². The van der Waals surface area contributed by atoms with Crippen LogP contribution in [0.25, 0.3) is 0 Å². The van der Waals surface area contributed by atoms with Crippen LogP contribution in [0.5, 0.6) is 0 Å². The average Bonchev–Trinajstić information content (AvgIpc) is 2.81. The second kappa shape index (κ2) is 3.98. The van der Waals surface area contributed by atoms with Crippen molar-refractivity contribution in [1.29, 1.82) is 0 Å². The Hall–Kier alpha value is -1.06. The van der Waals surface area contributed by atoms with E-state index < -0.39 is 5.41 Å². The molecular weight excluding hydrogens is 184 g/mol. The number of esters is 2. The first-order valence-electron chi connectivity index (χ1n) is 4.90. The number of hydrogen-bond donors (Lipinski definition) is 0. The molecule has 1 aliphatic rings. The molecule has 0 aliphatic heterocycles. The fourth-order valence-electron chi connectivity index (χ4n) is 1.47. The van der Waals surface area contributed by atoms with Gasteiger partial charge in [-0.15, -0.1) is 0 Å². The smallest absolute Gasteiger partial charge is 0.312 e. The van der Waals surface area contributed by atoms with E-state index in [2.05, 4.69) is 0 Å². The third-order valence-corrected chi connectivity index (χ3v) is 2.55. The Morgan fingerprint density at radius 3 is 2.36 bits per heavy atom. The fraction of sp³-hybridized carbons (Fsp3) is 0.800. The van der Waals surface area contributed by atoms with Gasteiger partial charge in [-0.2, -0.15) is 0 Å². The summed E-state index contributed by atoms with van der Waals surface area (Å²) >= 11 is 0. The summed E-state index contributed by atoms with van der Waals surface area (Å²) in [4.78, 5) is 22.7. The Morgan fingerprint density at radius 1 is 1.29 bits per heavy atom. The lowest BCUT2D eigenvalue weighted by atomic mass is 10.1. The molecule has 4 heteroatoms. The summed E-state index contributed by atoms with van der Waals surface area (Å²) in [5.74, 6) is -0.886. The third-order valence-electron chi connectivity index (χ3n) is 2.55. The van der Waals surface area contributed by atoms with Gasteiger partial charge in [0.05, 0.1) is 24.5 Å². The maximum absolute atomic E-state index is 11.4. The molecule has 0 amide bonds. The molecular formula is C10H16O4. The van der Waals surface area contributed by atoms with Crippen molar-refractivity contribution in [2.45, 2.75) is 27.2 Å². The van der Waals surface area contributed by atoms with E-state index >= 15 is 0 Å². The average molecular weight is 200 g/mol. The minimum atomic E-state index is -0.637. The Kier molecular flexibility index (Phi) is 3.13. The van der Waals surface area contributed by atoms with Crippen molar-refractivity contribution in [2.24, 2.45) is 11.3 Å². The van der Waals surface area contributed by atoms with Gasteiger partial charge in [0.25, 0.3) is 0 Å². The standard InChI is InChI=1S/C10H16O4/c1-4-13-8(11)7-6-10(7,3)9(12)14-5-2/h7H,4-6H2,1-3H3. The zero-order valence-corrected chi connectivity index (χ0v) is 8.83. The molecule has 1 rings (SSSR count). The second-order valence-electron chi connectivity index (χ2n) is 3.65. The van der Waals surface area contributed by atoms with E-state index in [0.717, 1.165) is 0 Å². The molecule has 2 atom stereocenters. The SMILES string of the molecule is CCOC(=O)C1CC1(C)C(=O)OCC. The van der Waals surface area contributed by atoms with E-state index in [4.69, 9.17) is 9.47 Å². The second-order valence-corrected chi connectivity index (χ2v) is 3.65. The Morgan fingerprint density at radius 2 is 1.86 bits per heavy atom. The summed E-state index contributed by atoms with van der Waals surface area (Å²) in [6.45, 7) is 5.95. The highest BCUT2D eigenvalue weighted by Gasteiger charge is 2.62. The fourth-order valence-corrected chi connectivity index (χ4v) is 1.47. The quantitative estimate of drug-likeness (QED) is 0.638. The maximum atomic E-state index is 11.4. The molecule has 0 heterocycles. The topological polar surface area (TPSA) is 52.6 Å². The zero-order valence-electron chi connectivity index (χ0n) is 8.83. The molecule has 0 N–H and O–H groups in total. The van der Waals surface area contributed by atoms with E-state index in [1.54, 1.807) is 20.8 Å². The highest BCUT2D eigenvalue weighted by Crippen LogP contribution is 2.53. The van der Waals surface area contributed by atoms with Gasteiger partial charge in [0.1, 0.15) is 0 Å². The van der Waals surface area contributed by atoms with Gasteiger partial charge in [-0.3, -0.25) is 9.59 Å². The van der Waals surface area contributed by atoms with E-state index in [1.807, 2.05) is 0 Å². The summed E-state index contributed by atoms with van der Waals surface area (Å²) in [5.41, 5.74) is -0.637. The predicted molar refractivity (Wildman–Crippen MR) is 49.5 cm³/mol. The lowest BCUT2D eigenvalue weighted by molar-refractivity contribution is -0.154. The van der Waals surface area contributed by atoms with Gasteiger partial charge in [0, 0.05) is 0 Å². The summed E-state index contributed by atoms with van der Waals surface area (Å²) in [6.07, 6.45) is 0.546. The van der Waals surface area contributed by atoms with Crippen molar-refractivity contribution < 1.29 is 19.1 Å². The highest BCUT2D eigenvalue weighted by molar-refractivity contribution is 5.90. The van der Waals surface area contributed by atoms with E-state index in [9.17, 15) is 9.59 Å². The van der Waals surface area contributed by atoms with Crippen LogP contribution < -0.4 is 0 Å². The van der Waals surface area contributed by atoms with Crippen LogP contribution in [0.4, 0.5) is 0 Å². The van der Waals surface area contributed by atoms with E-state index in [-0.39, 0.29) is 17.9 Å². The Bertz CT molecular complexity index is 249. The van der Waals surface area contributed by atoms with Crippen molar-refractivity contribution >= 4 is 11.9 Å². The molecule has 14 heavy (non-hydrogen) atoms. The summed E-state index contributed by atoms with van der Waals surface area (Å²) < 4.78 is 9.72. The Labute approximate surface area is 83.6 Å². The molecule has 0 spiro atoms. The van der Waals surface area contributed by atoms with E-state index in [0.29, 0.717) is 19.6 Å². The minimum absolute atomic E-state index is 0.289. The monoisotopic (exact) mass is 200 g/mol. The molecule has 0 bridgehead atoms. The molecule has 0 saturated heterocycles. The first kappa shape index (κ1) is 11.0. The number of rotatable bonds is 4. The van der Waals surface area contributed by atoms with Gasteiger partial charge in [-0.25, -0.2) is 0 Å². The van der Waals surface area contributed by atoms with Crippen LogP contribution in [0.1, 0.15) is 27.2 Å². The van der Waals surface area contributed by atoms with Gasteiger partial charge in [0.2, 0.25) is 0 Å². The van der Waals surface area contributed by atoms with Crippen LogP contribution in [0.3, 0.4) is 0 Å². The molecule has 0 aromatic heterocycles. The number of hydrogen-bond acceptors (Lipinski definition) is 4. The van der Waals surface area contributed by atoms with Crippen LogP contribution in [0.15, 0.2) is 0 Å². The molecule has 2 unspecified atom stereocenters. The molecule has 80 valence electrons. The molecule has 1 aliphatic carbocycles. The molecule has 4 nitrogen and oxygen atoms in total. The van der Waals surface area contributed by atoms with Crippen LogP contribution >= 0.6 is 0 Å². The number of carbonyl (C=O) groups is 2.